The highest BCUT2D eigenvalue weighted by Gasteiger charge is 2.21. The maximum Gasteiger partial charge on any atom is 0.253 e. The molecule has 0 aromatic heterocycles. The zero-order valence-electron chi connectivity index (χ0n) is 14.7. The van der Waals surface area contributed by atoms with Crippen molar-refractivity contribution in [2.75, 3.05) is 39.3 Å². The molecule has 5 heteroatoms. The molecule has 0 bridgehead atoms. The van der Waals surface area contributed by atoms with Crippen LogP contribution in [0.25, 0.3) is 0 Å². The molecule has 1 aromatic rings. The van der Waals surface area contributed by atoms with E-state index in [1.807, 2.05) is 29.2 Å². The number of hydrogen-bond donors (Lipinski definition) is 0. The van der Waals surface area contributed by atoms with Crippen LogP contribution in [0.2, 0.25) is 0 Å². The molecule has 0 saturated carbocycles. The van der Waals surface area contributed by atoms with Crippen LogP contribution in [0.3, 0.4) is 0 Å². The Hall–Kier alpha value is -2.06. The monoisotopic (exact) mass is 329 g/mol. The van der Waals surface area contributed by atoms with Crippen LogP contribution in [-0.2, 0) is 0 Å². The van der Waals surface area contributed by atoms with E-state index in [9.17, 15) is 4.79 Å². The van der Waals surface area contributed by atoms with Gasteiger partial charge in [0.05, 0.1) is 12.7 Å². The van der Waals surface area contributed by atoms with Crippen LogP contribution in [0.5, 0.6) is 5.75 Å². The highest BCUT2D eigenvalue weighted by molar-refractivity contribution is 5.94. The number of benzene rings is 1. The lowest BCUT2D eigenvalue weighted by Gasteiger charge is -2.34. The van der Waals surface area contributed by atoms with Crippen molar-refractivity contribution < 1.29 is 9.53 Å². The van der Waals surface area contributed by atoms with Crippen molar-refractivity contribution in [1.29, 1.82) is 5.26 Å². The fraction of sp³-hybridized carbons (Fsp3) is 0.579. The van der Waals surface area contributed by atoms with Gasteiger partial charge in [0, 0.05) is 44.7 Å². The van der Waals surface area contributed by atoms with Crippen LogP contribution in [0.1, 0.15) is 37.0 Å². The number of nitrogens with zero attached hydrogens (tertiary/aromatic N) is 3. The van der Waals surface area contributed by atoms with E-state index in [0.29, 0.717) is 24.5 Å². The minimum absolute atomic E-state index is 0.0728. The fourth-order valence-electron chi connectivity index (χ4n) is 2.67. The number of rotatable bonds is 7. The van der Waals surface area contributed by atoms with Crippen LogP contribution < -0.4 is 4.74 Å². The van der Waals surface area contributed by atoms with Gasteiger partial charge in [-0.1, -0.05) is 13.8 Å². The van der Waals surface area contributed by atoms with E-state index in [1.54, 1.807) is 0 Å². The standard InChI is InChI=1S/C19H27N3O2/c1-16(2)8-15-24-18-6-4-17(5-7-18)19(23)22-13-11-21(12-14-22)10-3-9-20/h4-7,16H,3,8,10-15H2,1-2H3. The molecule has 0 unspecified atom stereocenters. The summed E-state index contributed by atoms with van der Waals surface area (Å²) >= 11 is 0. The highest BCUT2D eigenvalue weighted by Crippen LogP contribution is 2.16. The number of hydrogen-bond acceptors (Lipinski definition) is 4. The molecule has 1 aromatic carbocycles. The first-order chi connectivity index (χ1) is 11.6. The third-order valence-corrected chi connectivity index (χ3v) is 4.26. The molecule has 0 N–H and O–H groups in total. The van der Waals surface area contributed by atoms with Crippen LogP contribution in [0.15, 0.2) is 24.3 Å². The zero-order chi connectivity index (χ0) is 17.4. The van der Waals surface area contributed by atoms with Crippen LogP contribution in [0, 0.1) is 17.2 Å². The number of ether oxygens (including phenoxy) is 1. The van der Waals surface area contributed by atoms with E-state index < -0.39 is 0 Å². The summed E-state index contributed by atoms with van der Waals surface area (Å²) in [6, 6.07) is 9.59. The summed E-state index contributed by atoms with van der Waals surface area (Å²) in [6.45, 7) is 8.95. The largest absolute Gasteiger partial charge is 0.494 e. The molecule has 1 aliphatic rings. The second-order valence-electron chi connectivity index (χ2n) is 6.60. The Balaban J connectivity index is 1.81. The number of carbonyl (C=O) groups is 1. The first-order valence-corrected chi connectivity index (χ1v) is 8.71. The molecule has 1 aliphatic heterocycles. The minimum Gasteiger partial charge on any atom is -0.494 e. The third kappa shape index (κ3) is 5.54. The Labute approximate surface area is 144 Å². The summed E-state index contributed by atoms with van der Waals surface area (Å²) in [4.78, 5) is 16.7. The Kier molecular flexibility index (Phi) is 7.07. The van der Waals surface area contributed by atoms with Crippen LogP contribution in [0.4, 0.5) is 0 Å². The van der Waals surface area contributed by atoms with E-state index in [0.717, 1.165) is 44.9 Å². The Morgan fingerprint density at radius 2 is 1.88 bits per heavy atom. The van der Waals surface area contributed by atoms with Crippen molar-refractivity contribution in [3.63, 3.8) is 0 Å². The number of carbonyl (C=O) groups excluding carboxylic acids is 1. The Morgan fingerprint density at radius 3 is 2.46 bits per heavy atom. The first-order valence-electron chi connectivity index (χ1n) is 8.71. The topological polar surface area (TPSA) is 56.6 Å². The van der Waals surface area contributed by atoms with E-state index in [-0.39, 0.29) is 5.91 Å². The SMILES string of the molecule is CC(C)CCOc1ccc(C(=O)N2CCN(CCC#N)CC2)cc1. The van der Waals surface area contributed by atoms with Gasteiger partial charge in [0.15, 0.2) is 0 Å². The van der Waals surface area contributed by atoms with Gasteiger partial charge in [-0.3, -0.25) is 9.69 Å². The van der Waals surface area contributed by atoms with E-state index >= 15 is 0 Å². The van der Waals surface area contributed by atoms with Gasteiger partial charge >= 0.3 is 0 Å². The average molecular weight is 329 g/mol. The predicted octanol–water partition coefficient (Wildman–Crippen LogP) is 2.78. The molecule has 2 rings (SSSR count). The van der Waals surface area contributed by atoms with Gasteiger partial charge in [-0.2, -0.15) is 5.26 Å². The first kappa shape index (κ1) is 18.3. The quantitative estimate of drug-likeness (QED) is 0.772. The van der Waals surface area contributed by atoms with Crippen molar-refractivity contribution in [1.82, 2.24) is 9.80 Å². The number of nitriles is 1. The van der Waals surface area contributed by atoms with E-state index in [2.05, 4.69) is 24.8 Å². The maximum atomic E-state index is 12.5. The van der Waals surface area contributed by atoms with Crippen molar-refractivity contribution in [2.45, 2.75) is 26.7 Å². The second kappa shape index (κ2) is 9.29. The van der Waals surface area contributed by atoms with Gasteiger partial charge in [-0.15, -0.1) is 0 Å². The van der Waals surface area contributed by atoms with E-state index in [4.69, 9.17) is 10.00 Å². The minimum atomic E-state index is 0.0728. The molecular formula is C19H27N3O2. The molecule has 5 nitrogen and oxygen atoms in total. The molecule has 0 aliphatic carbocycles. The van der Waals surface area contributed by atoms with Gasteiger partial charge in [-0.25, -0.2) is 0 Å². The summed E-state index contributed by atoms with van der Waals surface area (Å²) in [7, 11) is 0. The summed E-state index contributed by atoms with van der Waals surface area (Å²) < 4.78 is 5.69. The summed E-state index contributed by atoms with van der Waals surface area (Å²) in [5.41, 5.74) is 0.705. The lowest BCUT2D eigenvalue weighted by Crippen LogP contribution is -2.48. The molecule has 0 radical (unpaired) electrons. The van der Waals surface area contributed by atoms with Crippen LogP contribution >= 0.6 is 0 Å². The van der Waals surface area contributed by atoms with Crippen molar-refractivity contribution in [2.24, 2.45) is 5.92 Å². The lowest BCUT2D eigenvalue weighted by molar-refractivity contribution is 0.0639. The highest BCUT2D eigenvalue weighted by atomic mass is 16.5. The van der Waals surface area contributed by atoms with Gasteiger partial charge in [0.25, 0.3) is 5.91 Å². The molecule has 130 valence electrons. The molecule has 1 fully saturated rings. The summed E-state index contributed by atoms with van der Waals surface area (Å²) in [5.74, 6) is 1.51. The smallest absolute Gasteiger partial charge is 0.253 e. The molecule has 0 spiro atoms. The summed E-state index contributed by atoms with van der Waals surface area (Å²) in [5, 5.41) is 8.64. The number of amides is 1. The van der Waals surface area contributed by atoms with Crippen molar-refractivity contribution in [3.8, 4) is 11.8 Å². The molecule has 24 heavy (non-hydrogen) atoms. The van der Waals surface area contributed by atoms with Crippen molar-refractivity contribution >= 4 is 5.91 Å². The average Bonchev–Trinajstić information content (AvgIpc) is 2.60. The molecular weight excluding hydrogens is 302 g/mol. The predicted molar refractivity (Wildman–Crippen MR) is 94.0 cm³/mol. The van der Waals surface area contributed by atoms with Gasteiger partial charge < -0.3 is 9.64 Å². The van der Waals surface area contributed by atoms with E-state index in [1.165, 1.54) is 0 Å². The molecule has 1 heterocycles. The normalized spacial score (nSPS) is 15.3. The lowest BCUT2D eigenvalue weighted by atomic mass is 10.1. The Bertz CT molecular complexity index is 555. The fourth-order valence-corrected chi connectivity index (χ4v) is 2.67. The van der Waals surface area contributed by atoms with Crippen LogP contribution in [-0.4, -0.2) is 55.0 Å². The second-order valence-corrected chi connectivity index (χ2v) is 6.60. The summed E-state index contributed by atoms with van der Waals surface area (Å²) in [6.07, 6.45) is 1.57. The molecule has 0 atom stereocenters. The van der Waals surface area contributed by atoms with Gasteiger partial charge in [0.1, 0.15) is 5.75 Å². The molecule has 1 amide bonds. The van der Waals surface area contributed by atoms with Gasteiger partial charge in [-0.05, 0) is 36.6 Å². The van der Waals surface area contributed by atoms with Gasteiger partial charge in [0.2, 0.25) is 0 Å². The Morgan fingerprint density at radius 1 is 1.21 bits per heavy atom. The third-order valence-electron chi connectivity index (χ3n) is 4.26. The molecule has 1 saturated heterocycles. The number of piperazine rings is 1. The zero-order valence-corrected chi connectivity index (χ0v) is 14.7. The maximum absolute atomic E-state index is 12.5. The van der Waals surface area contributed by atoms with Crippen molar-refractivity contribution in [3.05, 3.63) is 29.8 Å².